The van der Waals surface area contributed by atoms with Gasteiger partial charge in [0, 0.05) is 12.8 Å². The maximum Gasteiger partial charge on any atom is 0.455 e. The van der Waals surface area contributed by atoms with Crippen molar-refractivity contribution in [3.8, 4) is 0 Å². The average Bonchev–Trinajstić information content (AvgIpc) is 2.60. The fourth-order valence-electron chi connectivity index (χ4n) is 2.82. The zero-order valence-electron chi connectivity index (χ0n) is 14.5. The van der Waals surface area contributed by atoms with E-state index in [1.165, 1.54) is 12.1 Å². The van der Waals surface area contributed by atoms with Gasteiger partial charge in [0.15, 0.2) is 5.78 Å². The number of halogens is 2. The van der Waals surface area contributed by atoms with Crippen molar-refractivity contribution in [1.82, 2.24) is 0 Å². The van der Waals surface area contributed by atoms with Gasteiger partial charge in [0.1, 0.15) is 11.9 Å². The van der Waals surface area contributed by atoms with Crippen LogP contribution in [-0.4, -0.2) is 29.0 Å². The Kier molecular flexibility index (Phi) is 9.52. The summed E-state index contributed by atoms with van der Waals surface area (Å²) in [5, 5.41) is 19.1. The average molecular weight is 380 g/mol. The molecule has 2 atom stereocenters. The second kappa shape index (κ2) is 11.1. The second-order valence-electron chi connectivity index (χ2n) is 6.40. The zero-order valence-corrected chi connectivity index (χ0v) is 15.3. The summed E-state index contributed by atoms with van der Waals surface area (Å²) in [7, 11) is -1.52. The molecular formula is C19H24BClFNO3. The van der Waals surface area contributed by atoms with E-state index >= 15 is 0 Å². The van der Waals surface area contributed by atoms with Crippen LogP contribution in [0, 0.1) is 5.82 Å². The Balaban J connectivity index is 0.00000338. The summed E-state index contributed by atoms with van der Waals surface area (Å²) >= 11 is 0. The maximum absolute atomic E-state index is 13.0. The van der Waals surface area contributed by atoms with Gasteiger partial charge in [-0.2, -0.15) is 0 Å². The van der Waals surface area contributed by atoms with Gasteiger partial charge in [-0.25, -0.2) is 4.39 Å². The molecule has 2 aromatic carbocycles. The van der Waals surface area contributed by atoms with Crippen molar-refractivity contribution in [2.24, 2.45) is 0 Å². The fourth-order valence-corrected chi connectivity index (χ4v) is 2.82. The van der Waals surface area contributed by atoms with Gasteiger partial charge in [-0.05, 0) is 41.9 Å². The first kappa shape index (κ1) is 22.3. The third kappa shape index (κ3) is 7.26. The minimum absolute atomic E-state index is 0. The molecule has 7 heteroatoms. The molecule has 5 N–H and O–H groups in total. The fraction of sp³-hybridized carbons (Fsp3) is 0.316. The van der Waals surface area contributed by atoms with Crippen LogP contribution in [0.2, 0.25) is 5.82 Å². The number of Topliss-reactive ketones (excluding diaryl/α,β-unsaturated/α-hetero) is 1. The Hall–Kier alpha value is -1.73. The highest BCUT2D eigenvalue weighted by Crippen LogP contribution is 2.22. The van der Waals surface area contributed by atoms with Crippen LogP contribution in [0.5, 0.6) is 0 Å². The Morgan fingerprint density at radius 1 is 1.00 bits per heavy atom. The van der Waals surface area contributed by atoms with Crippen molar-refractivity contribution in [2.75, 3.05) is 0 Å². The van der Waals surface area contributed by atoms with Gasteiger partial charge in [-0.1, -0.05) is 42.5 Å². The van der Waals surface area contributed by atoms with E-state index in [1.54, 1.807) is 12.1 Å². The van der Waals surface area contributed by atoms with Crippen LogP contribution in [0.3, 0.4) is 0 Å². The third-order valence-electron chi connectivity index (χ3n) is 4.37. The normalized spacial score (nSPS) is 12.8. The number of benzene rings is 2. The van der Waals surface area contributed by atoms with E-state index in [-0.39, 0.29) is 36.5 Å². The van der Waals surface area contributed by atoms with Crippen molar-refractivity contribution >= 4 is 12.9 Å². The maximum atomic E-state index is 13.0. The van der Waals surface area contributed by atoms with Crippen LogP contribution in [-0.2, 0) is 17.6 Å². The molecule has 0 aliphatic carbocycles. The molecule has 0 aliphatic rings. The predicted octanol–water partition coefficient (Wildman–Crippen LogP) is -1.58. The number of rotatable bonds is 9. The molecule has 0 radical (unpaired) electrons. The standard InChI is InChI=1S/C19H23BFNO3.ClH/c21-17-9-6-15(7-10-17)12-16(20(24)25)8-11-19(23)18(22)13-14-4-2-1-3-5-14;/h1-7,9-10,16,18,24-25H,8,11-13,22H2;1H/t16-,18-;/m0./s1. The molecule has 4 nitrogen and oxygen atoms in total. The van der Waals surface area contributed by atoms with Gasteiger partial charge in [0.05, 0.1) is 0 Å². The first-order valence-electron chi connectivity index (χ1n) is 8.46. The number of quaternary nitrogens is 1. The van der Waals surface area contributed by atoms with Crippen LogP contribution in [0.25, 0.3) is 0 Å². The molecular weight excluding hydrogens is 355 g/mol. The molecule has 2 rings (SSSR count). The molecule has 0 saturated heterocycles. The number of ketones is 1. The highest BCUT2D eigenvalue weighted by molar-refractivity contribution is 6.43. The van der Waals surface area contributed by atoms with E-state index < -0.39 is 12.9 Å². The van der Waals surface area contributed by atoms with Crippen molar-refractivity contribution in [3.63, 3.8) is 0 Å². The molecule has 0 bridgehead atoms. The molecule has 0 heterocycles. The Labute approximate surface area is 159 Å². The predicted molar refractivity (Wildman–Crippen MR) is 95.1 cm³/mol. The van der Waals surface area contributed by atoms with Gasteiger partial charge in [0.25, 0.3) is 0 Å². The number of carbonyl (C=O) groups is 1. The van der Waals surface area contributed by atoms with E-state index in [2.05, 4.69) is 5.73 Å². The molecule has 0 aliphatic heterocycles. The third-order valence-corrected chi connectivity index (χ3v) is 4.37. The van der Waals surface area contributed by atoms with Crippen LogP contribution < -0.4 is 18.1 Å². The zero-order chi connectivity index (χ0) is 18.2. The summed E-state index contributed by atoms with van der Waals surface area (Å²) in [5.74, 6) is -0.798. The monoisotopic (exact) mass is 379 g/mol. The van der Waals surface area contributed by atoms with Crippen molar-refractivity contribution in [1.29, 1.82) is 0 Å². The summed E-state index contributed by atoms with van der Waals surface area (Å²) in [6.07, 6.45) is 1.55. The summed E-state index contributed by atoms with van der Waals surface area (Å²) in [5.41, 5.74) is 5.80. The second-order valence-corrected chi connectivity index (χ2v) is 6.40. The molecule has 0 fully saturated rings. The molecule has 2 aromatic rings. The quantitative estimate of drug-likeness (QED) is 0.460. The molecule has 0 aromatic heterocycles. The summed E-state index contributed by atoms with van der Waals surface area (Å²) < 4.78 is 13.0. The Morgan fingerprint density at radius 3 is 2.15 bits per heavy atom. The lowest BCUT2D eigenvalue weighted by molar-refractivity contribution is -0.402. The smallest absolute Gasteiger partial charge is 0.455 e. The van der Waals surface area contributed by atoms with Gasteiger partial charge < -0.3 is 28.2 Å². The van der Waals surface area contributed by atoms with Gasteiger partial charge in [-0.15, -0.1) is 0 Å². The number of hydrogen-bond acceptors (Lipinski definition) is 3. The Bertz CT molecular complexity index is 670. The molecule has 140 valence electrons. The SMILES string of the molecule is [Cl-].[NH3+][C@@H](Cc1ccccc1)C(=O)CC[C@@H](Cc1ccc(F)cc1)B(O)O. The summed E-state index contributed by atoms with van der Waals surface area (Å²) in [6.45, 7) is 0. The first-order chi connectivity index (χ1) is 12.0. The Morgan fingerprint density at radius 2 is 1.58 bits per heavy atom. The number of carbonyl (C=O) groups excluding carboxylic acids is 1. The lowest BCUT2D eigenvalue weighted by atomic mass is 9.67. The molecule has 0 amide bonds. The lowest BCUT2D eigenvalue weighted by Crippen LogP contribution is -3.00. The molecule has 0 saturated carbocycles. The van der Waals surface area contributed by atoms with Crippen molar-refractivity contribution < 1.29 is 37.4 Å². The van der Waals surface area contributed by atoms with Crippen LogP contribution in [0.15, 0.2) is 54.6 Å². The van der Waals surface area contributed by atoms with Crippen LogP contribution in [0.1, 0.15) is 24.0 Å². The summed E-state index contributed by atoms with van der Waals surface area (Å²) in [4.78, 5) is 12.3. The molecule has 26 heavy (non-hydrogen) atoms. The molecule has 0 unspecified atom stereocenters. The van der Waals surface area contributed by atoms with Crippen LogP contribution in [0.4, 0.5) is 4.39 Å². The first-order valence-corrected chi connectivity index (χ1v) is 8.46. The van der Waals surface area contributed by atoms with E-state index in [0.717, 1.165) is 11.1 Å². The van der Waals surface area contributed by atoms with E-state index in [1.807, 2.05) is 30.3 Å². The van der Waals surface area contributed by atoms with E-state index in [4.69, 9.17) is 0 Å². The highest BCUT2D eigenvalue weighted by Gasteiger charge is 2.26. The topological polar surface area (TPSA) is 85.2 Å². The van der Waals surface area contributed by atoms with E-state index in [9.17, 15) is 19.2 Å². The van der Waals surface area contributed by atoms with E-state index in [0.29, 0.717) is 19.3 Å². The van der Waals surface area contributed by atoms with Gasteiger partial charge >= 0.3 is 7.12 Å². The largest absolute Gasteiger partial charge is 1.00 e. The minimum Gasteiger partial charge on any atom is -1.00 e. The molecule has 0 spiro atoms. The van der Waals surface area contributed by atoms with Gasteiger partial charge in [-0.3, -0.25) is 4.79 Å². The van der Waals surface area contributed by atoms with Gasteiger partial charge in [0.2, 0.25) is 0 Å². The summed E-state index contributed by atoms with van der Waals surface area (Å²) in [6, 6.07) is 15.2. The van der Waals surface area contributed by atoms with Crippen molar-refractivity contribution in [2.45, 2.75) is 37.5 Å². The highest BCUT2D eigenvalue weighted by atomic mass is 35.5. The number of hydrogen-bond donors (Lipinski definition) is 3. The van der Waals surface area contributed by atoms with Crippen molar-refractivity contribution in [3.05, 3.63) is 71.5 Å². The van der Waals surface area contributed by atoms with Crippen LogP contribution >= 0.6 is 0 Å². The minimum atomic E-state index is -1.52. The lowest BCUT2D eigenvalue weighted by Gasteiger charge is -2.16.